The van der Waals surface area contributed by atoms with Crippen LogP contribution in [0.5, 0.6) is 0 Å². The minimum atomic E-state index is 1.15. The minimum Gasteiger partial charge on any atom is -0.309 e. The second-order valence-corrected chi connectivity index (χ2v) is 21.8. The van der Waals surface area contributed by atoms with Crippen LogP contribution in [0.3, 0.4) is 0 Å². The SMILES string of the molecule is c1ccc2c(c1)c1ccc(-n3c4ccccc4c4ccccc43)cc1c1ccccc1c1cc3c4ccccc4c4cc5c6ccccc6c6ccc(-n7c8ccccc8c8ccccc87)cc6c6ccccc6c5cc4c3cc21. The Hall–Kier alpha value is -10.5. The predicted molar refractivity (Wildman–Crippen MR) is 345 cm³/mol. The first-order valence-electron chi connectivity index (χ1n) is 27.8. The van der Waals surface area contributed by atoms with Crippen LogP contribution in [0, 0.1) is 0 Å². The van der Waals surface area contributed by atoms with Gasteiger partial charge in [-0.2, -0.15) is 0 Å². The maximum absolute atomic E-state index is 2.54. The second kappa shape index (κ2) is 16.5. The van der Waals surface area contributed by atoms with Crippen molar-refractivity contribution in [2.45, 2.75) is 0 Å². The summed E-state index contributed by atoms with van der Waals surface area (Å²) in [5.41, 5.74) is 7.12. The van der Waals surface area contributed by atoms with E-state index in [1.54, 1.807) is 0 Å². The van der Waals surface area contributed by atoms with Crippen molar-refractivity contribution in [3.05, 3.63) is 279 Å². The maximum atomic E-state index is 2.54. The summed E-state index contributed by atoms with van der Waals surface area (Å²) in [4.78, 5) is 0. The Kier molecular flexibility index (Phi) is 8.98. The van der Waals surface area contributed by atoms with Gasteiger partial charge in [-0.3, -0.25) is 0 Å². The van der Waals surface area contributed by atoms with Gasteiger partial charge in [0, 0.05) is 32.9 Å². The van der Waals surface area contributed by atoms with E-state index in [1.807, 2.05) is 0 Å². The molecule has 0 fully saturated rings. The molecule has 18 rings (SSSR count). The first kappa shape index (κ1) is 43.5. The summed E-state index contributed by atoms with van der Waals surface area (Å²) in [6, 6.07) is 105. The molecule has 18 aromatic rings. The van der Waals surface area contributed by atoms with Gasteiger partial charge in [-0.1, -0.05) is 206 Å². The van der Waals surface area contributed by atoms with Crippen molar-refractivity contribution in [1.29, 1.82) is 0 Å². The van der Waals surface area contributed by atoms with Gasteiger partial charge in [-0.05, 0) is 191 Å². The number of para-hydroxylation sites is 4. The van der Waals surface area contributed by atoms with Crippen LogP contribution >= 0.6 is 0 Å². The molecule has 2 heterocycles. The fourth-order valence-corrected chi connectivity index (χ4v) is 14.4. The smallest absolute Gasteiger partial charge is 0.0541 e. The first-order valence-corrected chi connectivity index (χ1v) is 27.8. The summed E-state index contributed by atoms with van der Waals surface area (Å²) in [7, 11) is 0. The summed E-state index contributed by atoms with van der Waals surface area (Å²) < 4.78 is 4.89. The van der Waals surface area contributed by atoms with Crippen LogP contribution in [-0.2, 0) is 0 Å². The molecule has 0 unspecified atom stereocenters. The first-order chi connectivity index (χ1) is 39.7. The van der Waals surface area contributed by atoms with Crippen LogP contribution < -0.4 is 0 Å². The van der Waals surface area contributed by atoms with E-state index in [1.165, 1.54) is 162 Å². The third kappa shape index (κ3) is 6.02. The zero-order valence-electron chi connectivity index (χ0n) is 43.5. The molecule has 0 N–H and O–H groups in total. The predicted octanol–water partition coefficient (Wildman–Crippen LogP) is 21.7. The van der Waals surface area contributed by atoms with E-state index in [4.69, 9.17) is 0 Å². The number of aromatic nitrogens is 2. The van der Waals surface area contributed by atoms with Crippen LogP contribution in [0.1, 0.15) is 0 Å². The Bertz CT molecular complexity index is 5750. The lowest BCUT2D eigenvalue weighted by Gasteiger charge is -2.17. The van der Waals surface area contributed by atoms with Crippen molar-refractivity contribution in [3.8, 4) is 11.4 Å². The molecule has 2 aromatic heterocycles. The highest BCUT2D eigenvalue weighted by molar-refractivity contribution is 6.36. The van der Waals surface area contributed by atoms with Gasteiger partial charge in [0.15, 0.2) is 0 Å². The molecular weight excluding hydrogens is 965 g/mol. The Balaban J connectivity index is 0.977. The highest BCUT2D eigenvalue weighted by atomic mass is 15.0. The van der Waals surface area contributed by atoms with E-state index in [0.717, 1.165) is 11.4 Å². The Morgan fingerprint density at radius 1 is 0.125 bits per heavy atom. The van der Waals surface area contributed by atoms with Crippen LogP contribution in [-0.4, -0.2) is 9.13 Å². The topological polar surface area (TPSA) is 9.86 Å². The molecule has 0 aliphatic heterocycles. The lowest BCUT2D eigenvalue weighted by molar-refractivity contribution is 1.19. The zero-order chi connectivity index (χ0) is 52.2. The Labute approximate surface area is 459 Å². The number of rotatable bonds is 2. The molecule has 16 aromatic carbocycles. The molecule has 2 nitrogen and oxygen atoms in total. The van der Waals surface area contributed by atoms with Crippen molar-refractivity contribution in [1.82, 2.24) is 9.13 Å². The molecule has 0 amide bonds. The average Bonchev–Trinajstić information content (AvgIpc) is 4.19. The van der Waals surface area contributed by atoms with E-state index in [9.17, 15) is 0 Å². The van der Waals surface area contributed by atoms with Gasteiger partial charge in [-0.15, -0.1) is 0 Å². The monoisotopic (exact) mass is 1010 g/mol. The van der Waals surface area contributed by atoms with Crippen LogP contribution in [0.15, 0.2) is 279 Å². The lowest BCUT2D eigenvalue weighted by atomic mass is 9.87. The van der Waals surface area contributed by atoms with Gasteiger partial charge < -0.3 is 9.13 Å². The molecule has 0 saturated heterocycles. The largest absolute Gasteiger partial charge is 0.309 e. The number of nitrogens with zero attached hydrogens (tertiary/aromatic N) is 2. The second-order valence-electron chi connectivity index (χ2n) is 21.8. The van der Waals surface area contributed by atoms with Crippen molar-refractivity contribution >= 4 is 162 Å². The van der Waals surface area contributed by atoms with Crippen molar-refractivity contribution in [3.63, 3.8) is 0 Å². The van der Waals surface area contributed by atoms with Gasteiger partial charge in [0.1, 0.15) is 0 Å². The molecule has 0 bridgehead atoms. The summed E-state index contributed by atoms with van der Waals surface area (Å²) in [6.45, 7) is 0. The van der Waals surface area contributed by atoms with E-state index in [2.05, 4.69) is 288 Å². The van der Waals surface area contributed by atoms with Gasteiger partial charge in [0.2, 0.25) is 0 Å². The van der Waals surface area contributed by atoms with Crippen LogP contribution in [0.4, 0.5) is 0 Å². The van der Waals surface area contributed by atoms with Gasteiger partial charge >= 0.3 is 0 Å². The van der Waals surface area contributed by atoms with E-state index >= 15 is 0 Å². The fraction of sp³-hybridized carbons (Fsp3) is 0. The van der Waals surface area contributed by atoms with Gasteiger partial charge in [0.05, 0.1) is 22.1 Å². The van der Waals surface area contributed by atoms with Crippen molar-refractivity contribution in [2.75, 3.05) is 0 Å². The fourth-order valence-electron chi connectivity index (χ4n) is 14.4. The van der Waals surface area contributed by atoms with E-state index < -0.39 is 0 Å². The Morgan fingerprint density at radius 3 is 0.525 bits per heavy atom. The maximum Gasteiger partial charge on any atom is 0.0541 e. The highest BCUT2D eigenvalue weighted by Gasteiger charge is 2.20. The summed E-state index contributed by atoms with van der Waals surface area (Å²) >= 11 is 0. The zero-order valence-corrected chi connectivity index (χ0v) is 43.5. The molecule has 368 valence electrons. The Morgan fingerprint density at radius 2 is 0.287 bits per heavy atom. The lowest BCUT2D eigenvalue weighted by Crippen LogP contribution is -1.94. The van der Waals surface area contributed by atoms with E-state index in [0.29, 0.717) is 0 Å². The molecule has 80 heavy (non-hydrogen) atoms. The summed E-state index contributed by atoms with van der Waals surface area (Å²) in [5.74, 6) is 0. The molecule has 0 atom stereocenters. The molecular formula is C78H46N2. The number of hydrogen-bond donors (Lipinski definition) is 0. The minimum absolute atomic E-state index is 1.15. The quantitative estimate of drug-likeness (QED) is 0.153. The number of hydrogen-bond acceptors (Lipinski definition) is 0. The number of fused-ring (bicyclic) bond motifs is 28. The molecule has 0 saturated carbocycles. The molecule has 0 spiro atoms. The highest BCUT2D eigenvalue weighted by Crippen LogP contribution is 2.46. The van der Waals surface area contributed by atoms with Gasteiger partial charge in [-0.25, -0.2) is 0 Å². The molecule has 0 radical (unpaired) electrons. The molecule has 0 aliphatic carbocycles. The summed E-state index contributed by atoms with van der Waals surface area (Å²) in [6.07, 6.45) is 0. The summed E-state index contributed by atoms with van der Waals surface area (Å²) in [5, 5.41) is 32.2. The average molecular weight is 1010 g/mol. The standard InChI is InChI=1S/C78H46N2/c1-3-21-51-49(19-1)59-39-37-48(80-77-35-17-13-31-63(77)64-32-14-18-36-78(64)80)42-66(59)54-24-6-8-26-56(54)70-46-74-71(43-67(51)70)57-27-9-10-28-58(57)72-44-68-55-25-7-5-23-53(55)65-41-47(79-75-33-15-11-29-61(75)62-30-12-16-34-76(62)79)38-40-60(65)50-20-2-4-22-52(50)69(68)45-73(72)74/h1-46H. The normalized spacial score (nSPS) is 12.2. The van der Waals surface area contributed by atoms with Crippen LogP contribution in [0.25, 0.3) is 173 Å². The molecule has 2 heteroatoms. The van der Waals surface area contributed by atoms with Gasteiger partial charge in [0.25, 0.3) is 0 Å². The van der Waals surface area contributed by atoms with E-state index in [-0.39, 0.29) is 0 Å². The molecule has 0 aliphatic rings. The third-order valence-electron chi connectivity index (χ3n) is 17.8. The number of benzene rings is 14. The third-order valence-corrected chi connectivity index (χ3v) is 17.8. The van der Waals surface area contributed by atoms with Crippen LogP contribution in [0.2, 0.25) is 0 Å². The van der Waals surface area contributed by atoms with Crippen molar-refractivity contribution in [2.24, 2.45) is 0 Å². The van der Waals surface area contributed by atoms with Crippen molar-refractivity contribution < 1.29 is 0 Å².